The van der Waals surface area contributed by atoms with Crippen molar-refractivity contribution in [1.82, 2.24) is 10.4 Å². The summed E-state index contributed by atoms with van der Waals surface area (Å²) >= 11 is 9.74. The van der Waals surface area contributed by atoms with E-state index >= 15 is 0 Å². The first kappa shape index (κ1) is 22.6. The molecule has 0 aliphatic heterocycles. The molecular weight excluding hydrogens is 486 g/mol. The van der Waals surface area contributed by atoms with Gasteiger partial charge in [-0.05, 0) is 54.1 Å². The number of halogens is 2. The fourth-order valence-electron chi connectivity index (χ4n) is 2.52. The molecule has 1 N–H and O–H groups in total. The summed E-state index contributed by atoms with van der Waals surface area (Å²) in [6.45, 7) is 0.618. The number of hydrogen-bond donors (Lipinski definition) is 1. The first-order valence-corrected chi connectivity index (χ1v) is 10.4. The molecule has 7 nitrogen and oxygen atoms in total. The number of ether oxygens (including phenoxy) is 3. The average molecular weight is 505 g/mol. The van der Waals surface area contributed by atoms with Gasteiger partial charge in [-0.3, -0.25) is 9.78 Å². The highest BCUT2D eigenvalue weighted by molar-refractivity contribution is 9.10. The number of nitrogens with zero attached hydrogens (tertiary/aromatic N) is 2. The van der Waals surface area contributed by atoms with Crippen molar-refractivity contribution in [2.24, 2.45) is 5.10 Å². The number of rotatable bonds is 9. The molecule has 0 atom stereocenters. The number of carbonyl (C=O) groups is 1. The van der Waals surface area contributed by atoms with Crippen LogP contribution in [0.2, 0.25) is 5.02 Å². The van der Waals surface area contributed by atoms with Crippen LogP contribution in [0.3, 0.4) is 0 Å². The monoisotopic (exact) mass is 503 g/mol. The standard InChI is InChI=1S/C22H19BrClN3O4/c1-29-20-13-15(14-26-27-22(28)16-6-8-25-9-7-16)12-19(24)21(20)31-11-10-30-18-4-2-17(23)3-5-18/h2-9,12-14H,10-11H2,1H3,(H,27,28). The predicted molar refractivity (Wildman–Crippen MR) is 122 cm³/mol. The van der Waals surface area contributed by atoms with E-state index in [4.69, 9.17) is 25.8 Å². The van der Waals surface area contributed by atoms with Crippen LogP contribution in [0.4, 0.5) is 0 Å². The number of methoxy groups -OCH3 is 1. The minimum Gasteiger partial charge on any atom is -0.493 e. The maximum Gasteiger partial charge on any atom is 0.271 e. The van der Waals surface area contributed by atoms with Gasteiger partial charge in [0, 0.05) is 22.4 Å². The number of pyridine rings is 1. The zero-order chi connectivity index (χ0) is 22.1. The van der Waals surface area contributed by atoms with Gasteiger partial charge >= 0.3 is 0 Å². The smallest absolute Gasteiger partial charge is 0.271 e. The van der Waals surface area contributed by atoms with Gasteiger partial charge in [0.15, 0.2) is 11.5 Å². The van der Waals surface area contributed by atoms with Crippen LogP contribution >= 0.6 is 27.5 Å². The molecule has 0 aliphatic rings. The molecule has 0 radical (unpaired) electrons. The van der Waals surface area contributed by atoms with Crippen LogP contribution in [0, 0.1) is 0 Å². The summed E-state index contributed by atoms with van der Waals surface area (Å²) in [7, 11) is 1.52. The van der Waals surface area contributed by atoms with Crippen LogP contribution in [-0.4, -0.2) is 37.4 Å². The highest BCUT2D eigenvalue weighted by atomic mass is 79.9. The van der Waals surface area contributed by atoms with Crippen LogP contribution < -0.4 is 19.6 Å². The second kappa shape index (κ2) is 11.3. The number of hydrazone groups is 1. The van der Waals surface area contributed by atoms with Crippen molar-refractivity contribution in [3.8, 4) is 17.2 Å². The molecule has 1 aromatic heterocycles. The van der Waals surface area contributed by atoms with E-state index in [1.807, 2.05) is 24.3 Å². The molecule has 0 spiro atoms. The Labute approximate surface area is 193 Å². The second-order valence-corrected chi connectivity index (χ2v) is 7.44. The highest BCUT2D eigenvalue weighted by Crippen LogP contribution is 2.36. The summed E-state index contributed by atoms with van der Waals surface area (Å²) in [4.78, 5) is 15.9. The Hall–Kier alpha value is -3.10. The van der Waals surface area contributed by atoms with Gasteiger partial charge in [-0.25, -0.2) is 5.43 Å². The van der Waals surface area contributed by atoms with E-state index in [0.29, 0.717) is 34.3 Å². The van der Waals surface area contributed by atoms with E-state index < -0.39 is 0 Å². The van der Waals surface area contributed by atoms with Gasteiger partial charge in [-0.1, -0.05) is 27.5 Å². The normalized spacial score (nSPS) is 10.7. The molecule has 0 bridgehead atoms. The molecule has 0 unspecified atom stereocenters. The third kappa shape index (κ3) is 6.70. The van der Waals surface area contributed by atoms with Gasteiger partial charge in [0.2, 0.25) is 0 Å². The molecule has 1 amide bonds. The van der Waals surface area contributed by atoms with Crippen molar-refractivity contribution in [1.29, 1.82) is 0 Å². The third-order valence-corrected chi connectivity index (χ3v) is 4.80. The lowest BCUT2D eigenvalue weighted by molar-refractivity contribution is 0.0955. The first-order chi connectivity index (χ1) is 15.1. The minimum atomic E-state index is -0.345. The molecule has 160 valence electrons. The summed E-state index contributed by atoms with van der Waals surface area (Å²) in [5.41, 5.74) is 3.54. The van der Waals surface area contributed by atoms with E-state index in [1.165, 1.54) is 25.7 Å². The van der Waals surface area contributed by atoms with Crippen LogP contribution in [0.15, 0.2) is 70.5 Å². The highest BCUT2D eigenvalue weighted by Gasteiger charge is 2.12. The summed E-state index contributed by atoms with van der Waals surface area (Å²) in [5, 5.41) is 4.31. The minimum absolute atomic E-state index is 0.279. The van der Waals surface area contributed by atoms with Crippen molar-refractivity contribution in [3.63, 3.8) is 0 Å². The average Bonchev–Trinajstić information content (AvgIpc) is 2.79. The van der Waals surface area contributed by atoms with Crippen molar-refractivity contribution >= 4 is 39.7 Å². The molecule has 31 heavy (non-hydrogen) atoms. The Morgan fingerprint density at radius 1 is 1.13 bits per heavy atom. The Morgan fingerprint density at radius 3 is 2.55 bits per heavy atom. The van der Waals surface area contributed by atoms with Gasteiger partial charge in [0.25, 0.3) is 5.91 Å². The Balaban J connectivity index is 1.57. The number of aromatic nitrogens is 1. The Kier molecular flexibility index (Phi) is 8.26. The first-order valence-electron chi connectivity index (χ1n) is 9.19. The molecule has 3 aromatic rings. The van der Waals surface area contributed by atoms with Gasteiger partial charge < -0.3 is 14.2 Å². The quantitative estimate of drug-likeness (QED) is 0.259. The summed E-state index contributed by atoms with van der Waals surface area (Å²) < 4.78 is 17.7. The van der Waals surface area contributed by atoms with Gasteiger partial charge in [-0.2, -0.15) is 5.10 Å². The van der Waals surface area contributed by atoms with E-state index in [0.717, 1.165) is 10.2 Å². The molecule has 1 heterocycles. The lowest BCUT2D eigenvalue weighted by Gasteiger charge is -2.13. The Bertz CT molecular complexity index is 1050. The maximum absolute atomic E-state index is 12.0. The topological polar surface area (TPSA) is 82.0 Å². The molecule has 2 aromatic carbocycles. The number of hydrogen-bond acceptors (Lipinski definition) is 6. The zero-order valence-electron chi connectivity index (χ0n) is 16.5. The summed E-state index contributed by atoms with van der Waals surface area (Å²) in [5.74, 6) is 1.24. The zero-order valence-corrected chi connectivity index (χ0v) is 18.9. The van der Waals surface area contributed by atoms with E-state index in [-0.39, 0.29) is 12.5 Å². The van der Waals surface area contributed by atoms with Crippen LogP contribution in [0.25, 0.3) is 0 Å². The maximum atomic E-state index is 12.0. The molecule has 9 heteroatoms. The van der Waals surface area contributed by atoms with E-state index in [9.17, 15) is 4.79 Å². The van der Waals surface area contributed by atoms with E-state index in [1.54, 1.807) is 24.3 Å². The van der Waals surface area contributed by atoms with Crippen LogP contribution in [0.1, 0.15) is 15.9 Å². The number of benzene rings is 2. The van der Waals surface area contributed by atoms with Crippen molar-refractivity contribution in [2.45, 2.75) is 0 Å². The van der Waals surface area contributed by atoms with Crippen molar-refractivity contribution in [2.75, 3.05) is 20.3 Å². The SMILES string of the molecule is COc1cc(C=NNC(=O)c2ccncc2)cc(Cl)c1OCCOc1ccc(Br)cc1. The lowest BCUT2D eigenvalue weighted by Crippen LogP contribution is -2.17. The number of amides is 1. The van der Waals surface area contributed by atoms with Crippen molar-refractivity contribution in [3.05, 3.63) is 81.5 Å². The molecule has 0 aliphatic carbocycles. The Morgan fingerprint density at radius 2 is 1.84 bits per heavy atom. The molecule has 0 fully saturated rings. The fourth-order valence-corrected chi connectivity index (χ4v) is 3.06. The van der Waals surface area contributed by atoms with E-state index in [2.05, 4.69) is 31.4 Å². The lowest BCUT2D eigenvalue weighted by atomic mass is 10.2. The predicted octanol–water partition coefficient (Wildman–Crippen LogP) is 4.73. The van der Waals surface area contributed by atoms with Crippen LogP contribution in [-0.2, 0) is 0 Å². The molecule has 3 rings (SSSR count). The largest absolute Gasteiger partial charge is 0.493 e. The summed E-state index contributed by atoms with van der Waals surface area (Å²) in [6, 6.07) is 14.1. The van der Waals surface area contributed by atoms with Gasteiger partial charge in [0.1, 0.15) is 19.0 Å². The van der Waals surface area contributed by atoms with Crippen LogP contribution in [0.5, 0.6) is 17.2 Å². The molecule has 0 saturated carbocycles. The van der Waals surface area contributed by atoms with Gasteiger partial charge in [0.05, 0.1) is 18.3 Å². The third-order valence-electron chi connectivity index (χ3n) is 3.99. The van der Waals surface area contributed by atoms with Gasteiger partial charge in [-0.15, -0.1) is 0 Å². The molecular formula is C22H19BrClN3O4. The number of carbonyl (C=O) groups excluding carboxylic acids is 1. The number of nitrogens with one attached hydrogen (secondary N) is 1. The summed E-state index contributed by atoms with van der Waals surface area (Å²) in [6.07, 6.45) is 4.53. The fraction of sp³-hybridized carbons (Fsp3) is 0.136. The molecule has 0 saturated heterocycles. The van der Waals surface area contributed by atoms with Crippen molar-refractivity contribution < 1.29 is 19.0 Å². The second-order valence-electron chi connectivity index (χ2n) is 6.12.